The second-order valence-corrected chi connectivity index (χ2v) is 7.64. The highest BCUT2D eigenvalue weighted by atomic mass is 16.5. The Labute approximate surface area is 120 Å². The molecule has 2 nitrogen and oxygen atoms in total. The lowest BCUT2D eigenvalue weighted by molar-refractivity contribution is -0.140. The fourth-order valence-electron chi connectivity index (χ4n) is 2.51. The zero-order valence-electron chi connectivity index (χ0n) is 14.3. The van der Waals surface area contributed by atoms with Crippen LogP contribution in [0, 0.1) is 16.7 Å². The predicted molar refractivity (Wildman–Crippen MR) is 82.3 cm³/mol. The van der Waals surface area contributed by atoms with E-state index in [0.29, 0.717) is 12.5 Å². The van der Waals surface area contributed by atoms with E-state index in [1.165, 1.54) is 0 Å². The summed E-state index contributed by atoms with van der Waals surface area (Å²) in [5.74, 6) is 0.854. The van der Waals surface area contributed by atoms with Crippen LogP contribution in [0.4, 0.5) is 0 Å². The predicted octanol–water partition coefficient (Wildman–Crippen LogP) is 4.86. The van der Waals surface area contributed by atoms with Gasteiger partial charge in [0, 0.05) is 12.0 Å². The fourth-order valence-corrected chi connectivity index (χ4v) is 2.51. The van der Waals surface area contributed by atoms with Crippen LogP contribution in [0.25, 0.3) is 0 Å². The molecule has 114 valence electrons. The summed E-state index contributed by atoms with van der Waals surface area (Å²) < 4.78 is 5.70. The first-order valence-corrected chi connectivity index (χ1v) is 7.68. The SMILES string of the molecule is CCC(C)(C)CC(C)(C)C(=O)C(C)OCCC(C)C. The van der Waals surface area contributed by atoms with Gasteiger partial charge in [0.1, 0.15) is 6.10 Å². The van der Waals surface area contributed by atoms with Crippen LogP contribution in [-0.4, -0.2) is 18.5 Å². The first-order chi connectivity index (χ1) is 8.52. The molecule has 0 bridgehead atoms. The summed E-state index contributed by atoms with van der Waals surface area (Å²) in [5.41, 5.74) is -0.104. The van der Waals surface area contributed by atoms with Crippen molar-refractivity contribution < 1.29 is 9.53 Å². The third-order valence-corrected chi connectivity index (χ3v) is 3.98. The van der Waals surface area contributed by atoms with E-state index in [2.05, 4.69) is 48.5 Å². The van der Waals surface area contributed by atoms with Crippen molar-refractivity contribution in [2.75, 3.05) is 6.61 Å². The molecule has 0 aliphatic rings. The molecule has 19 heavy (non-hydrogen) atoms. The molecule has 0 spiro atoms. The number of rotatable bonds is 9. The average molecular weight is 270 g/mol. The fraction of sp³-hybridized carbons (Fsp3) is 0.941. The Morgan fingerprint density at radius 3 is 2.05 bits per heavy atom. The Hall–Kier alpha value is -0.370. The molecule has 0 saturated heterocycles. The second kappa shape index (κ2) is 7.42. The summed E-state index contributed by atoms with van der Waals surface area (Å²) in [7, 11) is 0. The van der Waals surface area contributed by atoms with Crippen molar-refractivity contribution in [3.05, 3.63) is 0 Å². The molecule has 0 heterocycles. The third-order valence-electron chi connectivity index (χ3n) is 3.98. The molecule has 0 aliphatic heterocycles. The summed E-state index contributed by atoms with van der Waals surface area (Å²) in [6, 6.07) is 0. The van der Waals surface area contributed by atoms with Gasteiger partial charge in [0.2, 0.25) is 0 Å². The van der Waals surface area contributed by atoms with E-state index in [1.807, 2.05) is 6.92 Å². The van der Waals surface area contributed by atoms with Gasteiger partial charge in [0.05, 0.1) is 0 Å². The number of hydrogen-bond acceptors (Lipinski definition) is 2. The summed E-state index contributed by atoms with van der Waals surface area (Å²) >= 11 is 0. The van der Waals surface area contributed by atoms with Crippen LogP contribution in [0.1, 0.15) is 74.7 Å². The second-order valence-electron chi connectivity index (χ2n) is 7.64. The highest BCUT2D eigenvalue weighted by Crippen LogP contribution is 2.37. The molecular formula is C17H34O2. The van der Waals surface area contributed by atoms with E-state index in [4.69, 9.17) is 4.74 Å². The lowest BCUT2D eigenvalue weighted by Gasteiger charge is -2.34. The van der Waals surface area contributed by atoms with Crippen molar-refractivity contribution >= 4 is 5.78 Å². The lowest BCUT2D eigenvalue weighted by atomic mass is 9.71. The molecule has 0 saturated carbocycles. The van der Waals surface area contributed by atoms with Gasteiger partial charge in [0.15, 0.2) is 5.78 Å². The highest BCUT2D eigenvalue weighted by Gasteiger charge is 2.36. The van der Waals surface area contributed by atoms with Crippen LogP contribution in [0.3, 0.4) is 0 Å². The largest absolute Gasteiger partial charge is 0.371 e. The van der Waals surface area contributed by atoms with Gasteiger partial charge in [-0.1, -0.05) is 54.9 Å². The van der Waals surface area contributed by atoms with Crippen LogP contribution < -0.4 is 0 Å². The standard InChI is InChI=1S/C17H34O2/c1-9-16(5,6)12-17(7,8)15(18)14(4)19-11-10-13(2)3/h13-14H,9-12H2,1-8H3. The van der Waals surface area contributed by atoms with Crippen LogP contribution >= 0.6 is 0 Å². The number of carbonyl (C=O) groups is 1. The summed E-state index contributed by atoms with van der Waals surface area (Å²) in [5, 5.41) is 0. The average Bonchev–Trinajstić information content (AvgIpc) is 2.26. The molecule has 1 atom stereocenters. The van der Waals surface area contributed by atoms with Gasteiger partial charge >= 0.3 is 0 Å². The first-order valence-electron chi connectivity index (χ1n) is 7.68. The molecule has 0 radical (unpaired) electrons. The first kappa shape index (κ1) is 18.6. The van der Waals surface area contributed by atoms with Crippen molar-refractivity contribution in [3.63, 3.8) is 0 Å². The van der Waals surface area contributed by atoms with Crippen molar-refractivity contribution in [2.24, 2.45) is 16.7 Å². The maximum Gasteiger partial charge on any atom is 0.166 e. The Morgan fingerprint density at radius 2 is 1.63 bits per heavy atom. The molecule has 0 aliphatic carbocycles. The zero-order valence-corrected chi connectivity index (χ0v) is 14.3. The van der Waals surface area contributed by atoms with Gasteiger partial charge in [-0.3, -0.25) is 4.79 Å². The maximum atomic E-state index is 12.5. The van der Waals surface area contributed by atoms with Gasteiger partial charge in [-0.25, -0.2) is 0 Å². The van der Waals surface area contributed by atoms with E-state index in [0.717, 1.165) is 19.3 Å². The van der Waals surface area contributed by atoms with Gasteiger partial charge < -0.3 is 4.74 Å². The number of ketones is 1. The van der Waals surface area contributed by atoms with Crippen molar-refractivity contribution in [3.8, 4) is 0 Å². The van der Waals surface area contributed by atoms with E-state index in [1.54, 1.807) is 0 Å². The molecule has 0 rings (SSSR count). The quantitative estimate of drug-likeness (QED) is 0.598. The molecule has 2 heteroatoms. The minimum Gasteiger partial charge on any atom is -0.371 e. The molecular weight excluding hydrogens is 236 g/mol. The summed E-state index contributed by atoms with van der Waals surface area (Å²) in [6.07, 6.45) is 2.72. The Morgan fingerprint density at radius 1 is 1.11 bits per heavy atom. The number of hydrogen-bond donors (Lipinski definition) is 0. The smallest absolute Gasteiger partial charge is 0.166 e. The van der Waals surface area contributed by atoms with Crippen LogP contribution in [0.2, 0.25) is 0 Å². The summed E-state index contributed by atoms with van der Waals surface area (Å²) in [4.78, 5) is 12.5. The Kier molecular flexibility index (Phi) is 7.28. The number of ether oxygens (including phenoxy) is 1. The van der Waals surface area contributed by atoms with Gasteiger partial charge in [-0.05, 0) is 31.1 Å². The molecule has 0 aromatic carbocycles. The van der Waals surface area contributed by atoms with E-state index >= 15 is 0 Å². The van der Waals surface area contributed by atoms with E-state index < -0.39 is 0 Å². The number of Topliss-reactive ketones (excluding diaryl/α,β-unsaturated/α-hetero) is 1. The molecule has 0 amide bonds. The third kappa shape index (κ3) is 7.10. The van der Waals surface area contributed by atoms with E-state index in [-0.39, 0.29) is 22.7 Å². The maximum absolute atomic E-state index is 12.5. The monoisotopic (exact) mass is 270 g/mol. The minimum atomic E-state index is -0.309. The zero-order chi connectivity index (χ0) is 15.3. The Balaban J connectivity index is 4.44. The molecule has 0 aromatic rings. The normalized spacial score (nSPS) is 14.8. The molecule has 0 aromatic heterocycles. The van der Waals surface area contributed by atoms with E-state index in [9.17, 15) is 4.79 Å². The van der Waals surface area contributed by atoms with Crippen LogP contribution in [-0.2, 0) is 9.53 Å². The van der Waals surface area contributed by atoms with Gasteiger partial charge in [0.25, 0.3) is 0 Å². The van der Waals surface area contributed by atoms with Gasteiger partial charge in [-0.15, -0.1) is 0 Å². The number of carbonyl (C=O) groups excluding carboxylic acids is 1. The van der Waals surface area contributed by atoms with Crippen molar-refractivity contribution in [1.82, 2.24) is 0 Å². The molecule has 0 fully saturated rings. The van der Waals surface area contributed by atoms with Crippen LogP contribution in [0.15, 0.2) is 0 Å². The Bertz CT molecular complexity index is 277. The lowest BCUT2D eigenvalue weighted by Crippen LogP contribution is -2.38. The van der Waals surface area contributed by atoms with Crippen molar-refractivity contribution in [1.29, 1.82) is 0 Å². The molecule has 0 N–H and O–H groups in total. The minimum absolute atomic E-state index is 0.205. The van der Waals surface area contributed by atoms with Gasteiger partial charge in [-0.2, -0.15) is 0 Å². The van der Waals surface area contributed by atoms with Crippen molar-refractivity contribution in [2.45, 2.75) is 80.8 Å². The summed E-state index contributed by atoms with van der Waals surface area (Å²) in [6.45, 7) is 17.7. The highest BCUT2D eigenvalue weighted by molar-refractivity contribution is 5.87. The van der Waals surface area contributed by atoms with Crippen LogP contribution in [0.5, 0.6) is 0 Å². The topological polar surface area (TPSA) is 26.3 Å². The molecule has 1 unspecified atom stereocenters.